The lowest BCUT2D eigenvalue weighted by atomic mass is 9.93. The summed E-state index contributed by atoms with van der Waals surface area (Å²) in [6.07, 6.45) is 1.83. The van der Waals surface area contributed by atoms with E-state index < -0.39 is 0 Å². The van der Waals surface area contributed by atoms with Gasteiger partial charge in [-0.1, -0.05) is 0 Å². The van der Waals surface area contributed by atoms with E-state index in [2.05, 4.69) is 0 Å². The quantitative estimate of drug-likeness (QED) is 0.587. The van der Waals surface area contributed by atoms with Crippen molar-refractivity contribution in [2.45, 2.75) is 0 Å². The molecule has 2 aliphatic rings. The minimum atomic E-state index is -0.381. The highest BCUT2D eigenvalue weighted by molar-refractivity contribution is 6.41. The number of fused-ring (bicyclic) bond motifs is 1. The van der Waals surface area contributed by atoms with Crippen LogP contribution in [0.4, 0.5) is 5.69 Å². The predicted octanol–water partition coefficient (Wildman–Crippen LogP) is 2.56. The van der Waals surface area contributed by atoms with Crippen LogP contribution in [0, 0.1) is 0 Å². The number of rotatable bonds is 4. The van der Waals surface area contributed by atoms with E-state index in [0.717, 1.165) is 0 Å². The van der Waals surface area contributed by atoms with E-state index in [1.807, 2.05) is 11.1 Å². The third-order valence-electron chi connectivity index (χ3n) is 5.07. The molecule has 7 nitrogen and oxygen atoms in total. The van der Waals surface area contributed by atoms with Crippen molar-refractivity contribution >= 4 is 23.1 Å². The number of carbonyl (C=O) groups excluding carboxylic acids is 2. The summed E-state index contributed by atoms with van der Waals surface area (Å²) < 4.78 is 15.9. The zero-order valence-electron chi connectivity index (χ0n) is 16.4. The number of amides is 2. The molecule has 0 aliphatic carbocycles. The van der Waals surface area contributed by atoms with E-state index in [4.69, 9.17) is 14.2 Å². The summed E-state index contributed by atoms with van der Waals surface area (Å²) in [5.41, 5.74) is 2.00. The number of hydrogen-bond donors (Lipinski definition) is 0. The first-order valence-corrected chi connectivity index (χ1v) is 9.37. The van der Waals surface area contributed by atoms with Crippen molar-refractivity contribution in [1.29, 1.82) is 0 Å². The Hall–Kier alpha value is -3.32. The Morgan fingerprint density at radius 1 is 0.862 bits per heavy atom. The minimum absolute atomic E-state index is 0.357. The van der Waals surface area contributed by atoms with Crippen molar-refractivity contribution in [1.82, 2.24) is 4.90 Å². The summed E-state index contributed by atoms with van der Waals surface area (Å²) in [4.78, 5) is 29.9. The molecule has 0 saturated carbocycles. The molecule has 29 heavy (non-hydrogen) atoms. The van der Waals surface area contributed by atoms with Gasteiger partial charge < -0.3 is 19.1 Å². The smallest absolute Gasteiger partial charge is 0.267 e. The predicted molar refractivity (Wildman–Crippen MR) is 108 cm³/mol. The molecule has 4 rings (SSSR count). The van der Waals surface area contributed by atoms with Gasteiger partial charge in [0.1, 0.15) is 11.5 Å². The van der Waals surface area contributed by atoms with Crippen LogP contribution in [0.1, 0.15) is 15.9 Å². The molecule has 0 aromatic heterocycles. The zero-order valence-corrected chi connectivity index (χ0v) is 16.4. The second-order valence-corrected chi connectivity index (χ2v) is 6.75. The summed E-state index contributed by atoms with van der Waals surface area (Å²) in [5.74, 6) is 0.473. The van der Waals surface area contributed by atoms with Crippen LogP contribution in [-0.4, -0.2) is 57.2 Å². The third-order valence-corrected chi connectivity index (χ3v) is 5.07. The Kier molecular flexibility index (Phi) is 5.22. The second-order valence-electron chi connectivity index (χ2n) is 6.75. The average molecular weight is 394 g/mol. The van der Waals surface area contributed by atoms with Gasteiger partial charge >= 0.3 is 0 Å². The Balaban J connectivity index is 1.82. The molecule has 2 aliphatic heterocycles. The molecule has 0 spiro atoms. The van der Waals surface area contributed by atoms with Crippen LogP contribution in [0.3, 0.4) is 0 Å². The Morgan fingerprint density at radius 2 is 1.52 bits per heavy atom. The van der Waals surface area contributed by atoms with Gasteiger partial charge in [0.25, 0.3) is 11.8 Å². The van der Waals surface area contributed by atoms with E-state index >= 15 is 0 Å². The number of imide groups is 1. The van der Waals surface area contributed by atoms with Crippen molar-refractivity contribution in [3.05, 3.63) is 59.8 Å². The van der Waals surface area contributed by atoms with Crippen LogP contribution in [0.15, 0.2) is 48.7 Å². The molecule has 150 valence electrons. The van der Waals surface area contributed by atoms with Gasteiger partial charge in [0.2, 0.25) is 0 Å². The molecule has 0 bridgehead atoms. The lowest BCUT2D eigenvalue weighted by Crippen LogP contribution is -2.43. The average Bonchev–Trinajstić information content (AvgIpc) is 2.77. The number of hydrogen-bond acceptors (Lipinski definition) is 6. The zero-order chi connectivity index (χ0) is 20.4. The molecule has 1 fully saturated rings. The molecule has 0 radical (unpaired) electrons. The third kappa shape index (κ3) is 3.56. The molecule has 2 aromatic carbocycles. The van der Waals surface area contributed by atoms with Crippen LogP contribution >= 0.6 is 0 Å². The largest absolute Gasteiger partial charge is 0.497 e. The van der Waals surface area contributed by atoms with Crippen LogP contribution in [0.5, 0.6) is 11.5 Å². The molecule has 7 heteroatoms. The number of benzene rings is 2. The van der Waals surface area contributed by atoms with Gasteiger partial charge in [-0.05, 0) is 42.5 Å². The molecular formula is C22H22N2O5. The first-order valence-electron chi connectivity index (χ1n) is 9.37. The van der Waals surface area contributed by atoms with Gasteiger partial charge in [-0.2, -0.15) is 0 Å². The molecule has 2 aromatic rings. The second kappa shape index (κ2) is 7.97. The number of nitrogens with zero attached hydrogens (tertiary/aromatic N) is 2. The topological polar surface area (TPSA) is 68.3 Å². The molecule has 0 atom stereocenters. The normalized spacial score (nSPS) is 18.1. The monoisotopic (exact) mass is 394 g/mol. The SMILES string of the molecule is COc1ccc(N2C(=O)/C(=C/N3CCOCC3)c3ccc(OC)cc3C2=O)cc1. The number of carbonyl (C=O) groups is 2. The fraction of sp³-hybridized carbons (Fsp3) is 0.273. The minimum Gasteiger partial charge on any atom is -0.497 e. The highest BCUT2D eigenvalue weighted by Gasteiger charge is 2.36. The highest BCUT2D eigenvalue weighted by atomic mass is 16.5. The van der Waals surface area contributed by atoms with Gasteiger partial charge in [-0.25, -0.2) is 4.90 Å². The van der Waals surface area contributed by atoms with Crippen molar-refractivity contribution in [3.8, 4) is 11.5 Å². The molecule has 1 saturated heterocycles. The van der Waals surface area contributed by atoms with Crippen molar-refractivity contribution in [2.24, 2.45) is 0 Å². The number of ether oxygens (including phenoxy) is 3. The lowest BCUT2D eigenvalue weighted by Gasteiger charge is -2.31. The Bertz CT molecular complexity index is 962. The van der Waals surface area contributed by atoms with E-state index in [9.17, 15) is 9.59 Å². The van der Waals surface area contributed by atoms with E-state index in [1.165, 1.54) is 4.90 Å². The van der Waals surface area contributed by atoms with Gasteiger partial charge in [0.15, 0.2) is 0 Å². The van der Waals surface area contributed by atoms with Crippen LogP contribution in [0.25, 0.3) is 5.57 Å². The Morgan fingerprint density at radius 3 is 2.17 bits per heavy atom. The molecule has 2 amide bonds. The maximum atomic E-state index is 13.4. The number of morpholine rings is 1. The van der Waals surface area contributed by atoms with Gasteiger partial charge in [-0.3, -0.25) is 9.59 Å². The van der Waals surface area contributed by atoms with Gasteiger partial charge in [0, 0.05) is 24.9 Å². The first kappa shape index (κ1) is 19.0. The summed E-state index contributed by atoms with van der Waals surface area (Å²) in [7, 11) is 3.11. The molecular weight excluding hydrogens is 372 g/mol. The summed E-state index contributed by atoms with van der Waals surface area (Å²) in [5, 5.41) is 0. The Labute approximate surface area is 169 Å². The molecule has 2 heterocycles. The fourth-order valence-electron chi connectivity index (χ4n) is 3.49. The van der Waals surface area contributed by atoms with E-state index in [1.54, 1.807) is 56.7 Å². The lowest BCUT2D eigenvalue weighted by molar-refractivity contribution is -0.112. The van der Waals surface area contributed by atoms with E-state index in [-0.39, 0.29) is 11.8 Å². The summed E-state index contributed by atoms with van der Waals surface area (Å²) >= 11 is 0. The first-order chi connectivity index (χ1) is 14.1. The van der Waals surface area contributed by atoms with Crippen LogP contribution in [0.2, 0.25) is 0 Å². The van der Waals surface area contributed by atoms with Crippen LogP contribution < -0.4 is 14.4 Å². The van der Waals surface area contributed by atoms with Gasteiger partial charge in [-0.15, -0.1) is 0 Å². The number of anilines is 1. The van der Waals surface area contributed by atoms with Gasteiger partial charge in [0.05, 0.1) is 44.3 Å². The molecule has 0 N–H and O–H groups in total. The summed E-state index contributed by atoms with van der Waals surface area (Å²) in [6.45, 7) is 2.60. The standard InChI is InChI=1S/C22H22N2O5/c1-27-16-5-3-15(4-6-16)24-21(25)19-13-17(28-2)7-8-18(19)20(22(24)26)14-23-9-11-29-12-10-23/h3-8,13-14H,9-12H2,1-2H3/b20-14+. The fourth-order valence-corrected chi connectivity index (χ4v) is 3.49. The van der Waals surface area contributed by atoms with Crippen molar-refractivity contribution < 1.29 is 23.8 Å². The van der Waals surface area contributed by atoms with Crippen molar-refractivity contribution in [3.63, 3.8) is 0 Å². The van der Waals surface area contributed by atoms with E-state index in [0.29, 0.717) is 60.2 Å². The van der Waals surface area contributed by atoms with Crippen LogP contribution in [-0.2, 0) is 9.53 Å². The summed E-state index contributed by atoms with van der Waals surface area (Å²) in [6, 6.07) is 12.0. The van der Waals surface area contributed by atoms with Crippen molar-refractivity contribution in [2.75, 3.05) is 45.4 Å². The maximum Gasteiger partial charge on any atom is 0.267 e. The molecule has 0 unspecified atom stereocenters. The maximum absolute atomic E-state index is 13.4. The number of methoxy groups -OCH3 is 2. The highest BCUT2D eigenvalue weighted by Crippen LogP contribution is 2.35.